The maximum Gasteiger partial charge on any atom is 0.238 e. The number of halogens is 1. The minimum atomic E-state index is -0.0195. The Labute approximate surface area is 148 Å². The molecule has 24 heavy (non-hydrogen) atoms. The summed E-state index contributed by atoms with van der Waals surface area (Å²) in [6, 6.07) is 16.0. The van der Waals surface area contributed by atoms with Crippen LogP contribution in [0, 0.1) is 6.92 Å². The summed E-state index contributed by atoms with van der Waals surface area (Å²) < 4.78 is 0. The topological polar surface area (TPSA) is 35.6 Å². The Morgan fingerprint density at radius 3 is 2.46 bits per heavy atom. The summed E-state index contributed by atoms with van der Waals surface area (Å²) >= 11 is 6.17. The van der Waals surface area contributed by atoms with Gasteiger partial charge in [-0.15, -0.1) is 0 Å². The van der Waals surface area contributed by atoms with Gasteiger partial charge in [0.2, 0.25) is 5.91 Å². The number of nitrogens with one attached hydrogen (secondary N) is 1. The molecule has 4 nitrogen and oxygen atoms in total. The number of rotatable bonds is 4. The van der Waals surface area contributed by atoms with Crippen LogP contribution >= 0.6 is 11.6 Å². The lowest BCUT2D eigenvalue weighted by Gasteiger charge is -2.35. The maximum atomic E-state index is 12.2. The van der Waals surface area contributed by atoms with E-state index in [0.717, 1.165) is 31.7 Å². The molecule has 3 rings (SSSR count). The number of piperazine rings is 1. The molecule has 1 aliphatic rings. The Kier molecular flexibility index (Phi) is 5.38. The Morgan fingerprint density at radius 1 is 1.08 bits per heavy atom. The van der Waals surface area contributed by atoms with Crippen LogP contribution in [-0.4, -0.2) is 43.5 Å². The molecule has 0 saturated carbocycles. The minimum Gasteiger partial charge on any atom is -0.369 e. The van der Waals surface area contributed by atoms with Crippen LogP contribution in [0.15, 0.2) is 48.5 Å². The normalized spacial score (nSPS) is 15.3. The van der Waals surface area contributed by atoms with Gasteiger partial charge in [-0.25, -0.2) is 0 Å². The van der Waals surface area contributed by atoms with E-state index >= 15 is 0 Å². The fourth-order valence-electron chi connectivity index (χ4n) is 2.92. The number of hydrogen-bond donors (Lipinski definition) is 1. The van der Waals surface area contributed by atoms with Gasteiger partial charge in [0.25, 0.3) is 0 Å². The number of nitrogens with zero attached hydrogens (tertiary/aromatic N) is 2. The first-order valence-electron chi connectivity index (χ1n) is 8.20. The molecule has 0 radical (unpaired) electrons. The first kappa shape index (κ1) is 16.8. The van der Waals surface area contributed by atoms with Gasteiger partial charge in [0.05, 0.1) is 17.3 Å². The molecular weight excluding hydrogens is 322 g/mol. The van der Waals surface area contributed by atoms with Crippen LogP contribution in [0.2, 0.25) is 5.02 Å². The molecule has 1 N–H and O–H groups in total. The van der Waals surface area contributed by atoms with E-state index < -0.39 is 0 Å². The van der Waals surface area contributed by atoms with Crippen molar-refractivity contribution in [1.82, 2.24) is 4.90 Å². The van der Waals surface area contributed by atoms with E-state index in [9.17, 15) is 4.79 Å². The van der Waals surface area contributed by atoms with E-state index in [1.54, 1.807) is 0 Å². The standard InChI is InChI=1S/C19H22ClN3O/c1-15-7-8-18(17(20)13-15)21-19(24)14-22-9-11-23(12-10-22)16-5-3-2-4-6-16/h2-8,13H,9-12,14H2,1H3,(H,21,24). The highest BCUT2D eigenvalue weighted by atomic mass is 35.5. The largest absolute Gasteiger partial charge is 0.369 e. The van der Waals surface area contributed by atoms with Gasteiger partial charge in [0.15, 0.2) is 0 Å². The quantitative estimate of drug-likeness (QED) is 0.924. The summed E-state index contributed by atoms with van der Waals surface area (Å²) in [6.45, 7) is 6.00. The molecule has 1 amide bonds. The molecule has 5 heteroatoms. The van der Waals surface area contributed by atoms with Gasteiger partial charge < -0.3 is 10.2 Å². The number of benzene rings is 2. The number of hydrogen-bond acceptors (Lipinski definition) is 3. The molecule has 0 aromatic heterocycles. The van der Waals surface area contributed by atoms with Gasteiger partial charge in [-0.3, -0.25) is 9.69 Å². The van der Waals surface area contributed by atoms with E-state index in [-0.39, 0.29) is 5.91 Å². The predicted octanol–water partition coefficient (Wildman–Crippen LogP) is 3.41. The lowest BCUT2D eigenvalue weighted by Crippen LogP contribution is -2.48. The fourth-order valence-corrected chi connectivity index (χ4v) is 3.20. The zero-order valence-electron chi connectivity index (χ0n) is 13.8. The average Bonchev–Trinajstić information content (AvgIpc) is 2.59. The van der Waals surface area contributed by atoms with Crippen molar-refractivity contribution < 1.29 is 4.79 Å². The molecule has 2 aromatic rings. The number of carbonyl (C=O) groups is 1. The molecule has 1 saturated heterocycles. The Balaban J connectivity index is 1.50. The summed E-state index contributed by atoms with van der Waals surface area (Å²) in [5.41, 5.74) is 3.00. The highest BCUT2D eigenvalue weighted by Crippen LogP contribution is 2.22. The molecule has 0 bridgehead atoms. The molecule has 1 fully saturated rings. The zero-order chi connectivity index (χ0) is 16.9. The van der Waals surface area contributed by atoms with Crippen molar-refractivity contribution in [2.75, 3.05) is 42.9 Å². The maximum absolute atomic E-state index is 12.2. The van der Waals surface area contributed by atoms with Crippen molar-refractivity contribution in [1.29, 1.82) is 0 Å². The second-order valence-corrected chi connectivity index (χ2v) is 6.54. The van der Waals surface area contributed by atoms with E-state index in [1.165, 1.54) is 5.69 Å². The Bertz CT molecular complexity index is 697. The van der Waals surface area contributed by atoms with Crippen LogP contribution < -0.4 is 10.2 Å². The van der Waals surface area contributed by atoms with Crippen LogP contribution in [0.5, 0.6) is 0 Å². The molecule has 0 unspecified atom stereocenters. The third-order valence-corrected chi connectivity index (χ3v) is 4.57. The van der Waals surface area contributed by atoms with Gasteiger partial charge in [-0.05, 0) is 36.8 Å². The predicted molar refractivity (Wildman–Crippen MR) is 99.9 cm³/mol. The van der Waals surface area contributed by atoms with Crippen molar-refractivity contribution in [3.63, 3.8) is 0 Å². The molecule has 2 aromatic carbocycles. The molecule has 0 spiro atoms. The summed E-state index contributed by atoms with van der Waals surface area (Å²) in [4.78, 5) is 16.8. The van der Waals surface area contributed by atoms with Crippen LogP contribution in [0.1, 0.15) is 5.56 Å². The van der Waals surface area contributed by atoms with Crippen LogP contribution in [0.4, 0.5) is 11.4 Å². The Hall–Kier alpha value is -2.04. The van der Waals surface area contributed by atoms with Crippen LogP contribution in [0.3, 0.4) is 0 Å². The third kappa shape index (κ3) is 4.28. The molecule has 126 valence electrons. The summed E-state index contributed by atoms with van der Waals surface area (Å²) in [6.07, 6.45) is 0. The van der Waals surface area contributed by atoms with E-state index in [4.69, 9.17) is 11.6 Å². The second kappa shape index (κ2) is 7.69. The number of anilines is 2. The fraction of sp³-hybridized carbons (Fsp3) is 0.316. The van der Waals surface area contributed by atoms with Crippen LogP contribution in [-0.2, 0) is 4.79 Å². The van der Waals surface area contributed by atoms with E-state index in [1.807, 2.05) is 31.2 Å². The van der Waals surface area contributed by atoms with Crippen LogP contribution in [0.25, 0.3) is 0 Å². The third-order valence-electron chi connectivity index (χ3n) is 4.26. The van der Waals surface area contributed by atoms with Crippen molar-refractivity contribution in [2.24, 2.45) is 0 Å². The number of aryl methyl sites for hydroxylation is 1. The monoisotopic (exact) mass is 343 g/mol. The number of para-hydroxylation sites is 1. The molecular formula is C19H22ClN3O. The Morgan fingerprint density at radius 2 is 1.79 bits per heavy atom. The molecule has 0 aliphatic carbocycles. The van der Waals surface area contributed by atoms with Crippen molar-refractivity contribution >= 4 is 28.9 Å². The first-order chi connectivity index (χ1) is 11.6. The van der Waals surface area contributed by atoms with Gasteiger partial charge in [-0.1, -0.05) is 35.9 Å². The van der Waals surface area contributed by atoms with E-state index in [0.29, 0.717) is 17.3 Å². The van der Waals surface area contributed by atoms with Gasteiger partial charge in [0.1, 0.15) is 0 Å². The number of carbonyl (C=O) groups excluding carboxylic acids is 1. The number of amides is 1. The van der Waals surface area contributed by atoms with Gasteiger partial charge >= 0.3 is 0 Å². The summed E-state index contributed by atoms with van der Waals surface area (Å²) in [5.74, 6) is -0.0195. The average molecular weight is 344 g/mol. The van der Waals surface area contributed by atoms with E-state index in [2.05, 4.69) is 39.4 Å². The lowest BCUT2D eigenvalue weighted by atomic mass is 10.2. The SMILES string of the molecule is Cc1ccc(NC(=O)CN2CCN(c3ccccc3)CC2)c(Cl)c1. The summed E-state index contributed by atoms with van der Waals surface area (Å²) in [7, 11) is 0. The first-order valence-corrected chi connectivity index (χ1v) is 8.58. The molecule has 1 aliphatic heterocycles. The molecule has 0 atom stereocenters. The lowest BCUT2D eigenvalue weighted by molar-refractivity contribution is -0.117. The highest BCUT2D eigenvalue weighted by molar-refractivity contribution is 6.33. The van der Waals surface area contributed by atoms with Gasteiger partial charge in [-0.2, -0.15) is 0 Å². The molecule has 1 heterocycles. The van der Waals surface area contributed by atoms with Gasteiger partial charge in [0, 0.05) is 31.9 Å². The minimum absolute atomic E-state index is 0.0195. The summed E-state index contributed by atoms with van der Waals surface area (Å²) in [5, 5.41) is 3.48. The smallest absolute Gasteiger partial charge is 0.238 e. The zero-order valence-corrected chi connectivity index (χ0v) is 14.6. The van der Waals surface area contributed by atoms with Crippen molar-refractivity contribution in [3.8, 4) is 0 Å². The van der Waals surface area contributed by atoms with Crippen molar-refractivity contribution in [2.45, 2.75) is 6.92 Å². The van der Waals surface area contributed by atoms with Crippen molar-refractivity contribution in [3.05, 3.63) is 59.1 Å². The second-order valence-electron chi connectivity index (χ2n) is 6.13. The highest BCUT2D eigenvalue weighted by Gasteiger charge is 2.19.